The Morgan fingerprint density at radius 3 is 2.46 bits per heavy atom. The fourth-order valence-electron chi connectivity index (χ4n) is 0.757. The summed E-state index contributed by atoms with van der Waals surface area (Å²) in [5.41, 5.74) is 5.87. The number of nitrogens with zero attached hydrogens (tertiary/aromatic N) is 2. The van der Waals surface area contributed by atoms with Crippen molar-refractivity contribution in [1.82, 2.24) is 9.97 Å². The first kappa shape index (κ1) is 10.1. The fourth-order valence-corrected chi connectivity index (χ4v) is 1.48. The lowest BCUT2D eigenvalue weighted by Gasteiger charge is -1.99. The highest BCUT2D eigenvalue weighted by Crippen LogP contribution is 2.05. The van der Waals surface area contributed by atoms with Gasteiger partial charge in [0.05, 0.1) is 23.8 Å². The molecule has 72 valence electrons. The SMILES string of the molecule is CCS(=O)(=O)c1cnc(CN)cn1. The highest BCUT2D eigenvalue weighted by atomic mass is 32.2. The highest BCUT2D eigenvalue weighted by molar-refractivity contribution is 7.91. The minimum absolute atomic E-state index is 0.00667. The Morgan fingerprint density at radius 2 is 2.08 bits per heavy atom. The van der Waals surface area contributed by atoms with Crippen molar-refractivity contribution in [3.05, 3.63) is 18.1 Å². The van der Waals surface area contributed by atoms with Crippen LogP contribution >= 0.6 is 0 Å². The topological polar surface area (TPSA) is 85.9 Å². The molecule has 0 fully saturated rings. The zero-order valence-corrected chi connectivity index (χ0v) is 8.08. The van der Waals surface area contributed by atoms with Crippen molar-refractivity contribution >= 4 is 9.84 Å². The summed E-state index contributed by atoms with van der Waals surface area (Å²) < 4.78 is 22.5. The first-order valence-corrected chi connectivity index (χ1v) is 5.49. The van der Waals surface area contributed by atoms with Crippen LogP contribution in [0.15, 0.2) is 17.4 Å². The molecule has 0 aliphatic rings. The largest absolute Gasteiger partial charge is 0.325 e. The predicted octanol–water partition coefficient (Wildman–Crippen LogP) is -0.271. The Labute approximate surface area is 76.9 Å². The molecule has 0 bridgehead atoms. The van der Waals surface area contributed by atoms with E-state index in [0.717, 1.165) is 0 Å². The minimum atomic E-state index is -3.24. The van der Waals surface area contributed by atoms with Crippen LogP contribution in [0.3, 0.4) is 0 Å². The molecule has 0 spiro atoms. The average Bonchev–Trinajstić information content (AvgIpc) is 2.18. The molecule has 1 aromatic rings. The summed E-state index contributed by atoms with van der Waals surface area (Å²) in [6, 6.07) is 0. The second-order valence-electron chi connectivity index (χ2n) is 2.45. The number of hydrogen-bond acceptors (Lipinski definition) is 5. The number of rotatable bonds is 3. The fraction of sp³-hybridized carbons (Fsp3) is 0.429. The first-order valence-electron chi connectivity index (χ1n) is 3.84. The lowest BCUT2D eigenvalue weighted by Crippen LogP contribution is -2.08. The van der Waals surface area contributed by atoms with Crippen molar-refractivity contribution in [1.29, 1.82) is 0 Å². The van der Waals surface area contributed by atoms with E-state index < -0.39 is 9.84 Å². The van der Waals surface area contributed by atoms with Crippen LogP contribution in [0.1, 0.15) is 12.6 Å². The zero-order chi connectivity index (χ0) is 9.90. The van der Waals surface area contributed by atoms with Gasteiger partial charge in [-0.05, 0) is 0 Å². The molecule has 6 heteroatoms. The Kier molecular flexibility index (Phi) is 2.94. The van der Waals surface area contributed by atoms with Gasteiger partial charge in [-0.1, -0.05) is 6.92 Å². The molecule has 0 aromatic carbocycles. The van der Waals surface area contributed by atoms with Crippen molar-refractivity contribution in [2.24, 2.45) is 5.73 Å². The van der Waals surface area contributed by atoms with Crippen molar-refractivity contribution in [3.63, 3.8) is 0 Å². The summed E-state index contributed by atoms with van der Waals surface area (Å²) in [6.07, 6.45) is 2.61. The van der Waals surface area contributed by atoms with Gasteiger partial charge < -0.3 is 5.73 Å². The van der Waals surface area contributed by atoms with Crippen molar-refractivity contribution < 1.29 is 8.42 Å². The summed E-state index contributed by atoms with van der Waals surface area (Å²) in [5, 5.41) is 0.00667. The zero-order valence-electron chi connectivity index (χ0n) is 7.27. The highest BCUT2D eigenvalue weighted by Gasteiger charge is 2.12. The van der Waals surface area contributed by atoms with Gasteiger partial charge in [0.25, 0.3) is 0 Å². The maximum atomic E-state index is 11.3. The van der Waals surface area contributed by atoms with Gasteiger partial charge in [-0.15, -0.1) is 0 Å². The van der Waals surface area contributed by atoms with Gasteiger partial charge in [-0.2, -0.15) is 0 Å². The van der Waals surface area contributed by atoms with Crippen LogP contribution in [0.25, 0.3) is 0 Å². The molecule has 5 nitrogen and oxygen atoms in total. The number of sulfone groups is 1. The van der Waals surface area contributed by atoms with Gasteiger partial charge in [0.15, 0.2) is 14.9 Å². The number of nitrogens with two attached hydrogens (primary N) is 1. The van der Waals surface area contributed by atoms with Crippen LogP contribution < -0.4 is 5.73 Å². The lowest BCUT2D eigenvalue weighted by molar-refractivity contribution is 0.592. The Balaban J connectivity index is 3.06. The molecular formula is C7H11N3O2S. The average molecular weight is 201 g/mol. The molecule has 2 N–H and O–H groups in total. The molecule has 0 aliphatic carbocycles. The van der Waals surface area contributed by atoms with Gasteiger partial charge in [0.2, 0.25) is 0 Å². The second kappa shape index (κ2) is 3.80. The van der Waals surface area contributed by atoms with E-state index in [2.05, 4.69) is 9.97 Å². The molecule has 0 unspecified atom stereocenters. The molecule has 1 aromatic heterocycles. The van der Waals surface area contributed by atoms with E-state index in [0.29, 0.717) is 5.69 Å². The van der Waals surface area contributed by atoms with Crippen molar-refractivity contribution in [2.75, 3.05) is 5.75 Å². The third-order valence-electron chi connectivity index (χ3n) is 1.59. The molecule has 0 amide bonds. The summed E-state index contributed by atoms with van der Waals surface area (Å²) in [4.78, 5) is 7.61. The molecule has 0 saturated carbocycles. The monoisotopic (exact) mass is 201 g/mol. The maximum absolute atomic E-state index is 11.3. The van der Waals surface area contributed by atoms with Crippen LogP contribution in [-0.4, -0.2) is 24.1 Å². The summed E-state index contributed by atoms with van der Waals surface area (Å²) in [5.74, 6) is 0.0314. The van der Waals surface area contributed by atoms with Gasteiger partial charge in [0.1, 0.15) is 0 Å². The summed E-state index contributed by atoms with van der Waals surface area (Å²) >= 11 is 0. The van der Waals surface area contributed by atoms with Crippen LogP contribution in [0.4, 0.5) is 0 Å². The molecule has 1 rings (SSSR count). The van der Waals surface area contributed by atoms with E-state index in [-0.39, 0.29) is 17.3 Å². The molecule has 1 heterocycles. The Bertz CT molecular complexity index is 371. The van der Waals surface area contributed by atoms with E-state index in [9.17, 15) is 8.42 Å². The third kappa shape index (κ3) is 2.22. The van der Waals surface area contributed by atoms with Gasteiger partial charge in [-0.25, -0.2) is 13.4 Å². The second-order valence-corrected chi connectivity index (χ2v) is 4.68. The standard InChI is InChI=1S/C7H11N3O2S/c1-2-13(11,12)7-5-9-6(3-8)4-10-7/h4-5H,2-3,8H2,1H3. The molecule has 0 radical (unpaired) electrons. The van der Waals surface area contributed by atoms with E-state index in [1.54, 1.807) is 6.92 Å². The van der Waals surface area contributed by atoms with Crippen LogP contribution in [0.5, 0.6) is 0 Å². The quantitative estimate of drug-likeness (QED) is 0.727. The minimum Gasteiger partial charge on any atom is -0.325 e. The van der Waals surface area contributed by atoms with Gasteiger partial charge >= 0.3 is 0 Å². The summed E-state index contributed by atoms with van der Waals surface area (Å²) in [7, 11) is -3.24. The molecule has 0 atom stereocenters. The van der Waals surface area contributed by atoms with Crippen LogP contribution in [-0.2, 0) is 16.4 Å². The molecule has 0 saturated heterocycles. The Hall–Kier alpha value is -1.01. The van der Waals surface area contributed by atoms with E-state index in [4.69, 9.17) is 5.73 Å². The molecule has 13 heavy (non-hydrogen) atoms. The van der Waals surface area contributed by atoms with E-state index in [1.165, 1.54) is 12.4 Å². The molecular weight excluding hydrogens is 190 g/mol. The van der Waals surface area contributed by atoms with Gasteiger partial charge in [-0.3, -0.25) is 4.98 Å². The molecule has 0 aliphatic heterocycles. The van der Waals surface area contributed by atoms with E-state index >= 15 is 0 Å². The van der Waals surface area contributed by atoms with Crippen molar-refractivity contribution in [2.45, 2.75) is 18.5 Å². The lowest BCUT2D eigenvalue weighted by atomic mass is 10.5. The van der Waals surface area contributed by atoms with Gasteiger partial charge in [0, 0.05) is 6.54 Å². The summed E-state index contributed by atoms with van der Waals surface area (Å²) in [6.45, 7) is 1.83. The number of hydrogen-bond donors (Lipinski definition) is 1. The Morgan fingerprint density at radius 1 is 1.38 bits per heavy atom. The van der Waals surface area contributed by atoms with Crippen LogP contribution in [0, 0.1) is 0 Å². The van der Waals surface area contributed by atoms with Crippen LogP contribution in [0.2, 0.25) is 0 Å². The third-order valence-corrected chi connectivity index (χ3v) is 3.20. The normalized spacial score (nSPS) is 11.5. The van der Waals surface area contributed by atoms with Crippen molar-refractivity contribution in [3.8, 4) is 0 Å². The van der Waals surface area contributed by atoms with E-state index in [1.807, 2.05) is 0 Å². The first-order chi connectivity index (χ1) is 6.10. The smallest absolute Gasteiger partial charge is 0.196 e. The number of aromatic nitrogens is 2. The maximum Gasteiger partial charge on any atom is 0.196 e. The predicted molar refractivity (Wildman–Crippen MR) is 47.7 cm³/mol.